The molecule has 0 aliphatic heterocycles. The zero-order valence-electron chi connectivity index (χ0n) is 11.6. The molecule has 1 N–H and O–H groups in total. The second-order valence-corrected chi connectivity index (χ2v) is 5.57. The number of hydrogen-bond donors (Lipinski definition) is 1. The molecule has 2 nitrogen and oxygen atoms in total. The summed E-state index contributed by atoms with van der Waals surface area (Å²) in [4.78, 5) is 0. The van der Waals surface area contributed by atoms with Gasteiger partial charge in [0.2, 0.25) is 0 Å². The fraction of sp³-hybridized carbons (Fsp3) is 0.600. The van der Waals surface area contributed by atoms with Gasteiger partial charge in [-0.3, -0.25) is 0 Å². The second kappa shape index (κ2) is 8.52. The molecule has 18 heavy (non-hydrogen) atoms. The summed E-state index contributed by atoms with van der Waals surface area (Å²) in [5, 5.41) is 4.18. The van der Waals surface area contributed by atoms with Gasteiger partial charge in [0, 0.05) is 11.6 Å². The van der Waals surface area contributed by atoms with Crippen molar-refractivity contribution >= 4 is 11.6 Å². The average molecular weight is 270 g/mol. The van der Waals surface area contributed by atoms with Gasteiger partial charge in [-0.05, 0) is 43.5 Å². The normalized spacial score (nSPS) is 12.9. The highest BCUT2D eigenvalue weighted by molar-refractivity contribution is 6.30. The number of rotatable bonds is 8. The van der Waals surface area contributed by atoms with E-state index in [0.717, 1.165) is 29.6 Å². The summed E-state index contributed by atoms with van der Waals surface area (Å²) in [6, 6.07) is 7.81. The van der Waals surface area contributed by atoms with Crippen LogP contribution in [0.3, 0.4) is 0 Å². The van der Waals surface area contributed by atoms with Crippen molar-refractivity contribution in [1.29, 1.82) is 0 Å². The van der Waals surface area contributed by atoms with Crippen LogP contribution in [0.1, 0.15) is 32.8 Å². The summed E-state index contributed by atoms with van der Waals surface area (Å²) in [6.45, 7) is 9.14. The van der Waals surface area contributed by atoms with Crippen molar-refractivity contribution in [3.63, 3.8) is 0 Å². The monoisotopic (exact) mass is 269 g/mol. The second-order valence-electron chi connectivity index (χ2n) is 5.14. The molecule has 3 heteroatoms. The van der Waals surface area contributed by atoms with Crippen LogP contribution in [-0.4, -0.2) is 19.2 Å². The molecule has 0 fully saturated rings. The van der Waals surface area contributed by atoms with Crippen molar-refractivity contribution in [2.24, 2.45) is 5.92 Å². The Kier molecular flexibility index (Phi) is 7.33. The number of hydrogen-bond acceptors (Lipinski definition) is 2. The van der Waals surface area contributed by atoms with Crippen LogP contribution in [0, 0.1) is 5.92 Å². The van der Waals surface area contributed by atoms with E-state index >= 15 is 0 Å². The van der Waals surface area contributed by atoms with Crippen molar-refractivity contribution < 1.29 is 4.74 Å². The van der Waals surface area contributed by atoms with Crippen LogP contribution in [0.2, 0.25) is 5.02 Å². The molecular weight excluding hydrogens is 246 g/mol. The number of ether oxygens (including phenoxy) is 1. The highest BCUT2D eigenvalue weighted by Crippen LogP contribution is 2.12. The van der Waals surface area contributed by atoms with E-state index in [0.29, 0.717) is 6.61 Å². The van der Waals surface area contributed by atoms with Crippen LogP contribution < -0.4 is 5.32 Å². The average Bonchev–Trinajstić information content (AvgIpc) is 2.32. The first-order valence-electron chi connectivity index (χ1n) is 6.64. The predicted octanol–water partition coefficient (Wildman–Crippen LogP) is 3.88. The van der Waals surface area contributed by atoms with Crippen LogP contribution in [0.4, 0.5) is 0 Å². The molecule has 0 radical (unpaired) electrons. The Morgan fingerprint density at radius 2 is 2.06 bits per heavy atom. The zero-order chi connectivity index (χ0) is 13.4. The largest absolute Gasteiger partial charge is 0.373 e. The molecule has 0 aliphatic carbocycles. The maximum atomic E-state index is 5.92. The quantitative estimate of drug-likeness (QED) is 0.723. The van der Waals surface area contributed by atoms with Crippen molar-refractivity contribution in [3.8, 4) is 0 Å². The summed E-state index contributed by atoms with van der Waals surface area (Å²) < 4.78 is 5.77. The first-order valence-corrected chi connectivity index (χ1v) is 7.02. The molecule has 1 aromatic carbocycles. The lowest BCUT2D eigenvalue weighted by Gasteiger charge is -2.14. The lowest BCUT2D eigenvalue weighted by atomic mass is 10.1. The van der Waals surface area contributed by atoms with Gasteiger partial charge in [0.25, 0.3) is 0 Å². The van der Waals surface area contributed by atoms with Crippen LogP contribution >= 0.6 is 11.6 Å². The van der Waals surface area contributed by atoms with E-state index in [4.69, 9.17) is 16.3 Å². The standard InChI is InChI=1S/C15H24ClNO/c1-12(2)7-8-17-10-13(3)18-11-14-5-4-6-15(16)9-14/h4-6,9,12-13,17H,7-8,10-11H2,1-3H3. The first kappa shape index (κ1) is 15.5. The summed E-state index contributed by atoms with van der Waals surface area (Å²) in [6.07, 6.45) is 1.43. The Morgan fingerprint density at radius 1 is 1.28 bits per heavy atom. The zero-order valence-corrected chi connectivity index (χ0v) is 12.3. The van der Waals surface area contributed by atoms with Crippen LogP contribution in [0.25, 0.3) is 0 Å². The third-order valence-corrected chi connectivity index (χ3v) is 2.99. The third-order valence-electron chi connectivity index (χ3n) is 2.75. The molecule has 0 aliphatic rings. The molecule has 0 heterocycles. The van der Waals surface area contributed by atoms with E-state index in [2.05, 4.69) is 26.1 Å². The van der Waals surface area contributed by atoms with Crippen LogP contribution in [0.15, 0.2) is 24.3 Å². The molecule has 102 valence electrons. The minimum atomic E-state index is 0.219. The molecule has 0 saturated carbocycles. The highest BCUT2D eigenvalue weighted by Gasteiger charge is 2.03. The fourth-order valence-electron chi connectivity index (χ4n) is 1.62. The van der Waals surface area contributed by atoms with Gasteiger partial charge in [0.1, 0.15) is 0 Å². The van der Waals surface area contributed by atoms with Gasteiger partial charge in [-0.15, -0.1) is 0 Å². The summed E-state index contributed by atoms with van der Waals surface area (Å²) in [5.41, 5.74) is 1.12. The predicted molar refractivity (Wildman–Crippen MR) is 78.0 cm³/mol. The SMILES string of the molecule is CC(C)CCNCC(C)OCc1cccc(Cl)c1. The summed E-state index contributed by atoms with van der Waals surface area (Å²) in [7, 11) is 0. The molecule has 0 saturated heterocycles. The van der Waals surface area contributed by atoms with E-state index in [1.54, 1.807) is 0 Å². The molecule has 1 rings (SSSR count). The minimum absolute atomic E-state index is 0.219. The summed E-state index contributed by atoms with van der Waals surface area (Å²) >= 11 is 5.92. The van der Waals surface area contributed by atoms with Gasteiger partial charge in [0.05, 0.1) is 12.7 Å². The number of benzene rings is 1. The molecule has 1 unspecified atom stereocenters. The molecule has 0 aromatic heterocycles. The maximum absolute atomic E-state index is 5.92. The Bertz CT molecular complexity index is 341. The van der Waals surface area contributed by atoms with Crippen molar-refractivity contribution in [2.75, 3.05) is 13.1 Å². The molecular formula is C15H24ClNO. The van der Waals surface area contributed by atoms with Gasteiger partial charge >= 0.3 is 0 Å². The Labute approximate surface area is 116 Å². The van der Waals surface area contributed by atoms with Crippen LogP contribution in [-0.2, 0) is 11.3 Å². The van der Waals surface area contributed by atoms with Gasteiger partial charge in [-0.2, -0.15) is 0 Å². The fourth-order valence-corrected chi connectivity index (χ4v) is 1.83. The number of nitrogens with one attached hydrogen (secondary N) is 1. The third kappa shape index (κ3) is 7.00. The van der Waals surface area contributed by atoms with E-state index in [1.165, 1.54) is 6.42 Å². The Balaban J connectivity index is 2.15. The van der Waals surface area contributed by atoms with E-state index in [1.807, 2.05) is 24.3 Å². The number of halogens is 1. The van der Waals surface area contributed by atoms with Gasteiger partial charge < -0.3 is 10.1 Å². The molecule has 0 bridgehead atoms. The minimum Gasteiger partial charge on any atom is -0.373 e. The highest BCUT2D eigenvalue weighted by atomic mass is 35.5. The molecule has 1 aromatic rings. The lowest BCUT2D eigenvalue weighted by Crippen LogP contribution is -2.28. The van der Waals surface area contributed by atoms with Crippen molar-refractivity contribution in [1.82, 2.24) is 5.32 Å². The van der Waals surface area contributed by atoms with E-state index < -0.39 is 0 Å². The topological polar surface area (TPSA) is 21.3 Å². The van der Waals surface area contributed by atoms with Crippen molar-refractivity contribution in [3.05, 3.63) is 34.9 Å². The van der Waals surface area contributed by atoms with Gasteiger partial charge in [-0.25, -0.2) is 0 Å². The first-order chi connectivity index (χ1) is 8.58. The van der Waals surface area contributed by atoms with E-state index in [-0.39, 0.29) is 6.10 Å². The van der Waals surface area contributed by atoms with Gasteiger partial charge in [-0.1, -0.05) is 37.6 Å². The van der Waals surface area contributed by atoms with E-state index in [9.17, 15) is 0 Å². The lowest BCUT2D eigenvalue weighted by molar-refractivity contribution is 0.0531. The molecule has 1 atom stereocenters. The van der Waals surface area contributed by atoms with Gasteiger partial charge in [0.15, 0.2) is 0 Å². The molecule has 0 spiro atoms. The van der Waals surface area contributed by atoms with Crippen molar-refractivity contribution in [2.45, 2.75) is 39.9 Å². The Hall–Kier alpha value is -0.570. The maximum Gasteiger partial charge on any atom is 0.0721 e. The Morgan fingerprint density at radius 3 is 2.72 bits per heavy atom. The van der Waals surface area contributed by atoms with Crippen LogP contribution in [0.5, 0.6) is 0 Å². The molecule has 0 amide bonds. The smallest absolute Gasteiger partial charge is 0.0721 e. The summed E-state index contributed by atoms with van der Waals surface area (Å²) in [5.74, 6) is 0.750.